The zero-order valence-electron chi connectivity index (χ0n) is 14.4. The molecule has 5 heteroatoms. The molecule has 0 amide bonds. The van der Waals surface area contributed by atoms with E-state index in [0.29, 0.717) is 6.42 Å². The third kappa shape index (κ3) is 6.93. The number of esters is 1. The predicted octanol–water partition coefficient (Wildman–Crippen LogP) is 2.14. The molecule has 0 spiro atoms. The summed E-state index contributed by atoms with van der Waals surface area (Å²) in [6.45, 7) is 12.7. The molecular weight excluding hydrogens is 280 g/mol. The Labute approximate surface area is 132 Å². The van der Waals surface area contributed by atoms with Crippen LogP contribution in [0.25, 0.3) is 0 Å². The summed E-state index contributed by atoms with van der Waals surface area (Å²) in [5, 5.41) is 0. The van der Waals surface area contributed by atoms with Crippen LogP contribution in [0.4, 0.5) is 0 Å². The number of carbonyl (C=O) groups excluding carboxylic acids is 1. The van der Waals surface area contributed by atoms with Crippen molar-refractivity contribution in [1.29, 1.82) is 0 Å². The molecule has 0 bridgehead atoms. The van der Waals surface area contributed by atoms with Crippen molar-refractivity contribution in [3.05, 3.63) is 0 Å². The van der Waals surface area contributed by atoms with Gasteiger partial charge in [0.25, 0.3) is 0 Å². The molecule has 1 aliphatic heterocycles. The molecule has 124 valence electrons. The fraction of sp³-hybridized carbons (Fsp3) is 0.938. The van der Waals surface area contributed by atoms with Crippen LogP contribution >= 0.6 is 0 Å². The van der Waals surface area contributed by atoms with E-state index in [9.17, 15) is 4.79 Å². The van der Waals surface area contributed by atoms with Gasteiger partial charge in [0.15, 0.2) is 0 Å². The van der Waals surface area contributed by atoms with E-state index in [1.54, 1.807) is 0 Å². The molecule has 1 saturated heterocycles. The minimum absolute atomic E-state index is 0.0877. The molecule has 0 radical (unpaired) electrons. The van der Waals surface area contributed by atoms with Gasteiger partial charge in [-0.15, -0.1) is 0 Å². The molecule has 0 aliphatic carbocycles. The summed E-state index contributed by atoms with van der Waals surface area (Å²) in [5.74, 6) is -0.0877. The maximum Gasteiger partial charge on any atom is 0.306 e. The molecule has 1 heterocycles. The van der Waals surface area contributed by atoms with Crippen LogP contribution in [0, 0.1) is 0 Å². The third-order valence-electron chi connectivity index (χ3n) is 4.55. The van der Waals surface area contributed by atoms with E-state index in [1.165, 1.54) is 45.9 Å². The molecule has 1 fully saturated rings. The van der Waals surface area contributed by atoms with Crippen LogP contribution in [0.2, 0.25) is 13.1 Å². The topological polar surface area (TPSA) is 32.8 Å². The number of carbonyl (C=O) groups is 1. The van der Waals surface area contributed by atoms with Crippen LogP contribution in [-0.4, -0.2) is 70.1 Å². The normalized spacial score (nSPS) is 20.9. The molecule has 0 N–H and O–H groups in total. The van der Waals surface area contributed by atoms with E-state index in [-0.39, 0.29) is 5.97 Å². The van der Waals surface area contributed by atoms with Gasteiger partial charge in [-0.1, -0.05) is 39.3 Å². The first kappa shape index (κ1) is 18.7. The number of nitrogens with zero attached hydrogens (tertiary/aromatic N) is 2. The molecule has 1 rings (SSSR count). The molecule has 21 heavy (non-hydrogen) atoms. The fourth-order valence-corrected chi connectivity index (χ4v) is 4.97. The number of rotatable bonds is 9. The van der Waals surface area contributed by atoms with Crippen molar-refractivity contribution in [2.75, 3.05) is 39.8 Å². The van der Waals surface area contributed by atoms with Gasteiger partial charge in [-0.05, 0) is 13.0 Å². The molecule has 0 aromatic heterocycles. The second kappa shape index (κ2) is 10.4. The largest absolute Gasteiger partial charge is 0.469 e. The van der Waals surface area contributed by atoms with Crippen molar-refractivity contribution >= 4 is 14.8 Å². The highest BCUT2D eigenvalue weighted by Crippen LogP contribution is 2.15. The predicted molar refractivity (Wildman–Crippen MR) is 91.5 cm³/mol. The molecule has 1 atom stereocenters. The summed E-state index contributed by atoms with van der Waals surface area (Å²) in [7, 11) is 0.777. The highest BCUT2D eigenvalue weighted by atomic mass is 28.3. The molecule has 0 saturated carbocycles. The highest BCUT2D eigenvalue weighted by molar-refractivity contribution is 6.57. The number of piperazine rings is 1. The summed E-state index contributed by atoms with van der Waals surface area (Å²) >= 11 is 0. The van der Waals surface area contributed by atoms with E-state index in [1.807, 2.05) is 0 Å². The van der Waals surface area contributed by atoms with Crippen LogP contribution in [0.1, 0.15) is 39.0 Å². The van der Waals surface area contributed by atoms with Crippen molar-refractivity contribution in [2.24, 2.45) is 0 Å². The number of hydrogen-bond donors (Lipinski definition) is 0. The van der Waals surface area contributed by atoms with Crippen LogP contribution in [0.15, 0.2) is 0 Å². The standard InChI is InChI=1S/C16H34N2O2Si/c1-5-6-7-8-10-18-13-12-17(11-9-16(19)20-2)14-15(18)21(3)4/h15,21H,5-14H2,1-4H3. The smallest absolute Gasteiger partial charge is 0.306 e. The first-order valence-electron chi connectivity index (χ1n) is 8.61. The van der Waals surface area contributed by atoms with Gasteiger partial charge in [0.2, 0.25) is 0 Å². The summed E-state index contributed by atoms with van der Waals surface area (Å²) in [6.07, 6.45) is 5.91. The average Bonchev–Trinajstić information content (AvgIpc) is 2.49. The van der Waals surface area contributed by atoms with Gasteiger partial charge in [-0.25, -0.2) is 0 Å². The molecule has 0 aromatic carbocycles. The Morgan fingerprint density at radius 1 is 1.19 bits per heavy atom. The van der Waals surface area contributed by atoms with E-state index < -0.39 is 8.80 Å². The average molecular weight is 315 g/mol. The van der Waals surface area contributed by atoms with Crippen LogP contribution in [-0.2, 0) is 9.53 Å². The second-order valence-corrected chi connectivity index (χ2v) is 9.79. The number of unbranched alkanes of at least 4 members (excludes halogenated alkanes) is 3. The Morgan fingerprint density at radius 2 is 1.95 bits per heavy atom. The van der Waals surface area contributed by atoms with E-state index in [4.69, 9.17) is 4.74 Å². The molecule has 1 unspecified atom stereocenters. The lowest BCUT2D eigenvalue weighted by atomic mass is 10.2. The Hall–Kier alpha value is -0.393. The van der Waals surface area contributed by atoms with Gasteiger partial charge in [0, 0.05) is 31.8 Å². The van der Waals surface area contributed by atoms with Crippen molar-refractivity contribution in [3.63, 3.8) is 0 Å². The highest BCUT2D eigenvalue weighted by Gasteiger charge is 2.29. The lowest BCUT2D eigenvalue weighted by Gasteiger charge is -2.43. The second-order valence-electron chi connectivity index (χ2n) is 6.53. The van der Waals surface area contributed by atoms with Gasteiger partial charge in [0.05, 0.1) is 22.3 Å². The van der Waals surface area contributed by atoms with E-state index in [0.717, 1.165) is 25.3 Å². The van der Waals surface area contributed by atoms with Crippen molar-refractivity contribution in [3.8, 4) is 0 Å². The van der Waals surface area contributed by atoms with Crippen LogP contribution < -0.4 is 0 Å². The minimum atomic E-state index is -0.696. The lowest BCUT2D eigenvalue weighted by molar-refractivity contribution is -0.141. The Morgan fingerprint density at radius 3 is 2.57 bits per heavy atom. The Balaban J connectivity index is 2.38. The maximum absolute atomic E-state index is 11.3. The molecule has 1 aliphatic rings. The SMILES string of the molecule is CCCCCCN1CCN(CCC(=O)OC)CC1[SiH](C)C. The Bertz CT molecular complexity index is 300. The van der Waals surface area contributed by atoms with Gasteiger partial charge in [0.1, 0.15) is 0 Å². The summed E-state index contributed by atoms with van der Waals surface area (Å²) in [4.78, 5) is 16.5. The quantitative estimate of drug-likeness (QED) is 0.371. The van der Waals surface area contributed by atoms with E-state index >= 15 is 0 Å². The zero-order valence-corrected chi connectivity index (χ0v) is 15.6. The monoisotopic (exact) mass is 314 g/mol. The molecule has 0 aromatic rings. The summed E-state index contributed by atoms with van der Waals surface area (Å²) in [6, 6.07) is 0. The van der Waals surface area contributed by atoms with Gasteiger partial charge < -0.3 is 14.5 Å². The third-order valence-corrected chi connectivity index (χ3v) is 6.72. The first-order valence-corrected chi connectivity index (χ1v) is 11.6. The molecule has 4 nitrogen and oxygen atoms in total. The van der Waals surface area contributed by atoms with Crippen molar-refractivity contribution < 1.29 is 9.53 Å². The number of ether oxygens (including phenoxy) is 1. The lowest BCUT2D eigenvalue weighted by Crippen LogP contribution is -2.58. The molecular formula is C16H34N2O2Si. The number of methoxy groups -OCH3 is 1. The van der Waals surface area contributed by atoms with Crippen molar-refractivity contribution in [1.82, 2.24) is 9.80 Å². The van der Waals surface area contributed by atoms with Crippen molar-refractivity contribution in [2.45, 2.75) is 57.8 Å². The van der Waals surface area contributed by atoms with Crippen LogP contribution in [0.3, 0.4) is 0 Å². The fourth-order valence-electron chi connectivity index (χ4n) is 3.11. The van der Waals surface area contributed by atoms with Crippen LogP contribution in [0.5, 0.6) is 0 Å². The summed E-state index contributed by atoms with van der Waals surface area (Å²) < 4.78 is 4.75. The van der Waals surface area contributed by atoms with Gasteiger partial charge >= 0.3 is 5.97 Å². The van der Waals surface area contributed by atoms with Gasteiger partial charge in [-0.2, -0.15) is 0 Å². The minimum Gasteiger partial charge on any atom is -0.469 e. The zero-order chi connectivity index (χ0) is 15.7. The van der Waals surface area contributed by atoms with E-state index in [2.05, 4.69) is 29.8 Å². The maximum atomic E-state index is 11.3. The Kier molecular flexibility index (Phi) is 9.20. The number of hydrogen-bond acceptors (Lipinski definition) is 4. The first-order chi connectivity index (χ1) is 10.1. The van der Waals surface area contributed by atoms with Gasteiger partial charge in [-0.3, -0.25) is 4.79 Å². The summed E-state index contributed by atoms with van der Waals surface area (Å²) in [5.41, 5.74) is 0.762.